The third kappa shape index (κ3) is 4.18. The molecule has 1 aromatic carbocycles. The fourth-order valence-electron chi connectivity index (χ4n) is 1.69. The fourth-order valence-corrected chi connectivity index (χ4v) is 2.04. The SMILES string of the molecule is NC(=O)Cc1ccc(NC(=O)c2cc(Cl)ncc2Cl)cc1. The van der Waals surface area contributed by atoms with Crippen molar-refractivity contribution in [2.75, 3.05) is 5.32 Å². The first-order valence-corrected chi connectivity index (χ1v) is 6.71. The molecule has 0 atom stereocenters. The molecule has 0 spiro atoms. The first-order valence-electron chi connectivity index (χ1n) is 5.95. The van der Waals surface area contributed by atoms with Crippen molar-refractivity contribution in [2.45, 2.75) is 6.42 Å². The van der Waals surface area contributed by atoms with Crippen molar-refractivity contribution in [1.82, 2.24) is 4.98 Å². The minimum atomic E-state index is -0.412. The highest BCUT2D eigenvalue weighted by molar-refractivity contribution is 6.35. The quantitative estimate of drug-likeness (QED) is 0.848. The van der Waals surface area contributed by atoms with Crippen LogP contribution in [0.2, 0.25) is 10.2 Å². The molecule has 0 saturated heterocycles. The Hall–Kier alpha value is -2.11. The average Bonchev–Trinajstić information content (AvgIpc) is 2.43. The van der Waals surface area contributed by atoms with E-state index in [1.54, 1.807) is 24.3 Å². The molecule has 0 bridgehead atoms. The third-order valence-electron chi connectivity index (χ3n) is 2.66. The molecule has 0 saturated carbocycles. The van der Waals surface area contributed by atoms with E-state index >= 15 is 0 Å². The molecule has 0 aliphatic heterocycles. The van der Waals surface area contributed by atoms with Crippen molar-refractivity contribution in [2.24, 2.45) is 5.73 Å². The zero-order valence-corrected chi connectivity index (χ0v) is 12.3. The molecular formula is C14H11Cl2N3O2. The number of pyridine rings is 1. The van der Waals surface area contributed by atoms with E-state index < -0.39 is 11.8 Å². The molecule has 0 radical (unpaired) electrons. The zero-order chi connectivity index (χ0) is 15.4. The average molecular weight is 324 g/mol. The van der Waals surface area contributed by atoms with Gasteiger partial charge < -0.3 is 11.1 Å². The van der Waals surface area contributed by atoms with Gasteiger partial charge in [-0.25, -0.2) is 4.98 Å². The second kappa shape index (κ2) is 6.56. The Labute approximate surface area is 131 Å². The lowest BCUT2D eigenvalue weighted by atomic mass is 10.1. The zero-order valence-electron chi connectivity index (χ0n) is 10.8. The normalized spacial score (nSPS) is 10.2. The van der Waals surface area contributed by atoms with E-state index in [0.717, 1.165) is 5.56 Å². The standard InChI is InChI=1S/C14H11Cl2N3O2/c15-11-7-18-12(16)6-10(11)14(21)19-9-3-1-8(2-4-9)5-13(17)20/h1-4,6-7H,5H2,(H2,17,20)(H,19,21). The van der Waals surface area contributed by atoms with Crippen molar-refractivity contribution in [3.63, 3.8) is 0 Å². The van der Waals surface area contributed by atoms with E-state index in [1.165, 1.54) is 12.3 Å². The molecule has 108 valence electrons. The van der Waals surface area contributed by atoms with Crippen LogP contribution in [0.25, 0.3) is 0 Å². The minimum Gasteiger partial charge on any atom is -0.369 e. The molecule has 5 nitrogen and oxygen atoms in total. The molecule has 21 heavy (non-hydrogen) atoms. The molecule has 0 aliphatic rings. The van der Waals surface area contributed by atoms with Crippen LogP contribution in [0.1, 0.15) is 15.9 Å². The van der Waals surface area contributed by atoms with Gasteiger partial charge in [-0.1, -0.05) is 35.3 Å². The summed E-state index contributed by atoms with van der Waals surface area (Å²) in [5.74, 6) is -0.808. The number of hydrogen-bond donors (Lipinski definition) is 2. The molecule has 7 heteroatoms. The van der Waals surface area contributed by atoms with Crippen molar-refractivity contribution in [1.29, 1.82) is 0 Å². The van der Waals surface area contributed by atoms with Crippen LogP contribution in [-0.2, 0) is 11.2 Å². The van der Waals surface area contributed by atoms with Crippen molar-refractivity contribution in [3.05, 3.63) is 57.8 Å². The van der Waals surface area contributed by atoms with Crippen molar-refractivity contribution in [3.8, 4) is 0 Å². The van der Waals surface area contributed by atoms with E-state index in [0.29, 0.717) is 5.69 Å². The Balaban J connectivity index is 2.12. The van der Waals surface area contributed by atoms with Crippen LogP contribution in [-0.4, -0.2) is 16.8 Å². The largest absolute Gasteiger partial charge is 0.369 e. The lowest BCUT2D eigenvalue weighted by Crippen LogP contribution is -2.14. The van der Waals surface area contributed by atoms with E-state index in [9.17, 15) is 9.59 Å². The summed E-state index contributed by atoms with van der Waals surface area (Å²) >= 11 is 11.6. The van der Waals surface area contributed by atoms with Gasteiger partial charge in [0.1, 0.15) is 5.15 Å². The summed E-state index contributed by atoms with van der Waals surface area (Å²) in [7, 11) is 0. The topological polar surface area (TPSA) is 85.1 Å². The number of hydrogen-bond acceptors (Lipinski definition) is 3. The summed E-state index contributed by atoms with van der Waals surface area (Å²) in [5.41, 5.74) is 6.68. The van der Waals surface area contributed by atoms with Gasteiger partial charge in [0.15, 0.2) is 0 Å². The molecule has 3 N–H and O–H groups in total. The predicted octanol–water partition coefficient (Wildman–Crippen LogP) is 2.67. The van der Waals surface area contributed by atoms with Crippen LogP contribution in [0.4, 0.5) is 5.69 Å². The van der Waals surface area contributed by atoms with Crippen molar-refractivity contribution < 1.29 is 9.59 Å². The Kier molecular flexibility index (Phi) is 4.77. The molecular weight excluding hydrogens is 313 g/mol. The van der Waals surface area contributed by atoms with Crippen LogP contribution in [0.5, 0.6) is 0 Å². The molecule has 2 amide bonds. The molecule has 0 unspecified atom stereocenters. The van der Waals surface area contributed by atoms with E-state index in [2.05, 4.69) is 10.3 Å². The first kappa shape index (κ1) is 15.3. The van der Waals surface area contributed by atoms with Gasteiger partial charge in [0.25, 0.3) is 5.91 Å². The number of anilines is 1. The summed E-state index contributed by atoms with van der Waals surface area (Å²) in [6, 6.07) is 8.16. The highest BCUT2D eigenvalue weighted by atomic mass is 35.5. The highest BCUT2D eigenvalue weighted by Crippen LogP contribution is 2.20. The van der Waals surface area contributed by atoms with Gasteiger partial charge in [-0.15, -0.1) is 0 Å². The smallest absolute Gasteiger partial charge is 0.257 e. The van der Waals surface area contributed by atoms with Crippen LogP contribution >= 0.6 is 23.2 Å². The molecule has 2 rings (SSSR count). The van der Waals surface area contributed by atoms with Crippen LogP contribution in [0.3, 0.4) is 0 Å². The number of carbonyl (C=O) groups is 2. The number of amides is 2. The Bertz CT molecular complexity index is 687. The highest BCUT2D eigenvalue weighted by Gasteiger charge is 2.12. The summed E-state index contributed by atoms with van der Waals surface area (Å²) < 4.78 is 0. The van der Waals surface area contributed by atoms with Crippen LogP contribution in [0.15, 0.2) is 36.5 Å². The van der Waals surface area contributed by atoms with E-state index in [-0.39, 0.29) is 22.2 Å². The number of benzene rings is 1. The van der Waals surface area contributed by atoms with Gasteiger partial charge in [0, 0.05) is 11.9 Å². The number of nitrogens with one attached hydrogen (secondary N) is 1. The Morgan fingerprint density at radius 3 is 2.48 bits per heavy atom. The Morgan fingerprint density at radius 2 is 1.86 bits per heavy atom. The fraction of sp³-hybridized carbons (Fsp3) is 0.0714. The predicted molar refractivity (Wildman–Crippen MR) is 81.6 cm³/mol. The van der Waals surface area contributed by atoms with Gasteiger partial charge >= 0.3 is 0 Å². The monoisotopic (exact) mass is 323 g/mol. The summed E-state index contributed by atoms with van der Waals surface area (Å²) in [6.07, 6.45) is 1.47. The number of nitrogens with zero attached hydrogens (tertiary/aromatic N) is 1. The van der Waals surface area contributed by atoms with Gasteiger partial charge in [-0.3, -0.25) is 9.59 Å². The van der Waals surface area contributed by atoms with Gasteiger partial charge in [0.05, 0.1) is 17.0 Å². The summed E-state index contributed by atoms with van der Waals surface area (Å²) in [4.78, 5) is 26.7. The van der Waals surface area contributed by atoms with Gasteiger partial charge in [-0.2, -0.15) is 0 Å². The van der Waals surface area contributed by atoms with Crippen LogP contribution in [0, 0.1) is 0 Å². The number of aromatic nitrogens is 1. The van der Waals surface area contributed by atoms with Gasteiger partial charge in [-0.05, 0) is 23.8 Å². The van der Waals surface area contributed by atoms with Crippen LogP contribution < -0.4 is 11.1 Å². The molecule has 0 fully saturated rings. The maximum atomic E-state index is 12.1. The lowest BCUT2D eigenvalue weighted by Gasteiger charge is -2.07. The number of nitrogens with two attached hydrogens (primary N) is 1. The molecule has 1 heterocycles. The number of halogens is 2. The third-order valence-corrected chi connectivity index (χ3v) is 3.16. The number of primary amides is 1. The lowest BCUT2D eigenvalue weighted by molar-refractivity contribution is -0.117. The Morgan fingerprint density at radius 1 is 1.19 bits per heavy atom. The minimum absolute atomic E-state index is 0.153. The van der Waals surface area contributed by atoms with E-state index in [1.807, 2.05) is 0 Å². The van der Waals surface area contributed by atoms with Crippen molar-refractivity contribution >= 4 is 40.7 Å². The number of rotatable bonds is 4. The maximum Gasteiger partial charge on any atom is 0.257 e. The molecule has 2 aromatic rings. The summed E-state index contributed by atoms with van der Waals surface area (Å²) in [6.45, 7) is 0. The second-order valence-electron chi connectivity index (χ2n) is 4.28. The number of carbonyl (C=O) groups excluding carboxylic acids is 2. The maximum absolute atomic E-state index is 12.1. The first-order chi connectivity index (χ1) is 9.95. The molecule has 0 aliphatic carbocycles. The molecule has 1 aromatic heterocycles. The second-order valence-corrected chi connectivity index (χ2v) is 5.08. The van der Waals surface area contributed by atoms with E-state index in [4.69, 9.17) is 28.9 Å². The van der Waals surface area contributed by atoms with Gasteiger partial charge in [0.2, 0.25) is 5.91 Å². The summed E-state index contributed by atoms with van der Waals surface area (Å²) in [5, 5.41) is 3.07.